The molecule has 0 amide bonds. The fourth-order valence-electron chi connectivity index (χ4n) is 2.66. The zero-order chi connectivity index (χ0) is 14.5. The summed E-state index contributed by atoms with van der Waals surface area (Å²) in [5.74, 6) is 0. The highest BCUT2D eigenvalue weighted by Gasteiger charge is 2.33. The molecule has 2 unspecified atom stereocenters. The first-order chi connectivity index (χ1) is 9.69. The number of methoxy groups -OCH3 is 2. The topological polar surface area (TPSA) is 33.7 Å². The molecule has 5 heteroatoms. The quantitative estimate of drug-likeness (QED) is 0.874. The minimum absolute atomic E-state index is 0.114. The van der Waals surface area contributed by atoms with Gasteiger partial charge in [-0.1, -0.05) is 18.5 Å². The summed E-state index contributed by atoms with van der Waals surface area (Å²) >= 11 is 6.12. The molecule has 1 aromatic carbocycles. The van der Waals surface area contributed by atoms with Crippen molar-refractivity contribution in [3.8, 4) is 0 Å². The van der Waals surface area contributed by atoms with Crippen molar-refractivity contribution < 1.29 is 9.47 Å². The molecule has 20 heavy (non-hydrogen) atoms. The number of hydrogen-bond donors (Lipinski definition) is 1. The Hall–Kier alpha value is -0.810. The number of benzene rings is 1. The standard InChI is InChI=1S/C15H23ClN2O2/c1-4-17-8-11-7-12(16)5-6-13(11)18-9-14(19-2)15(10-18)20-3/h5-7,14-15,17H,4,8-10H2,1-3H3. The van der Waals surface area contributed by atoms with Crippen molar-refractivity contribution in [2.24, 2.45) is 0 Å². The number of rotatable bonds is 6. The Balaban J connectivity index is 2.19. The number of nitrogens with zero attached hydrogens (tertiary/aromatic N) is 1. The lowest BCUT2D eigenvalue weighted by Gasteiger charge is -2.22. The number of halogens is 1. The van der Waals surface area contributed by atoms with Crippen LogP contribution in [0.15, 0.2) is 18.2 Å². The van der Waals surface area contributed by atoms with Gasteiger partial charge in [-0.25, -0.2) is 0 Å². The number of ether oxygens (including phenoxy) is 2. The second kappa shape index (κ2) is 7.27. The normalized spacial score (nSPS) is 22.5. The van der Waals surface area contributed by atoms with E-state index in [1.165, 1.54) is 11.3 Å². The first-order valence-corrected chi connectivity index (χ1v) is 7.37. The molecule has 1 aliphatic rings. The molecule has 0 bridgehead atoms. The molecule has 2 atom stereocenters. The maximum atomic E-state index is 6.12. The van der Waals surface area contributed by atoms with Crippen LogP contribution in [-0.2, 0) is 16.0 Å². The van der Waals surface area contributed by atoms with Gasteiger partial charge in [0.25, 0.3) is 0 Å². The van der Waals surface area contributed by atoms with Gasteiger partial charge in [0.1, 0.15) is 12.2 Å². The van der Waals surface area contributed by atoms with E-state index in [2.05, 4.69) is 23.2 Å². The Kier molecular flexibility index (Phi) is 5.66. The van der Waals surface area contributed by atoms with Crippen molar-refractivity contribution in [3.05, 3.63) is 28.8 Å². The summed E-state index contributed by atoms with van der Waals surface area (Å²) in [6, 6.07) is 6.05. The monoisotopic (exact) mass is 298 g/mol. The average molecular weight is 299 g/mol. The summed E-state index contributed by atoms with van der Waals surface area (Å²) in [4.78, 5) is 2.31. The van der Waals surface area contributed by atoms with E-state index in [0.29, 0.717) is 0 Å². The highest BCUT2D eigenvalue weighted by molar-refractivity contribution is 6.30. The SMILES string of the molecule is CCNCc1cc(Cl)ccc1N1CC(OC)C(OC)C1. The van der Waals surface area contributed by atoms with Crippen molar-refractivity contribution in [1.82, 2.24) is 5.32 Å². The number of hydrogen-bond acceptors (Lipinski definition) is 4. The van der Waals surface area contributed by atoms with E-state index >= 15 is 0 Å². The molecule has 1 heterocycles. The maximum Gasteiger partial charge on any atom is 0.102 e. The molecule has 0 aromatic heterocycles. The largest absolute Gasteiger partial charge is 0.377 e. The van der Waals surface area contributed by atoms with Gasteiger partial charge in [-0.05, 0) is 30.3 Å². The van der Waals surface area contributed by atoms with E-state index in [4.69, 9.17) is 21.1 Å². The molecule has 1 saturated heterocycles. The lowest BCUT2D eigenvalue weighted by Crippen LogP contribution is -2.27. The van der Waals surface area contributed by atoms with Gasteiger partial charge in [-0.3, -0.25) is 0 Å². The van der Waals surface area contributed by atoms with E-state index in [1.807, 2.05) is 12.1 Å². The molecule has 1 aromatic rings. The van der Waals surface area contributed by atoms with Crippen molar-refractivity contribution in [3.63, 3.8) is 0 Å². The summed E-state index contributed by atoms with van der Waals surface area (Å²) in [6.07, 6.45) is 0.227. The molecule has 1 aliphatic heterocycles. The average Bonchev–Trinajstić information content (AvgIpc) is 2.88. The molecule has 0 radical (unpaired) electrons. The Morgan fingerprint density at radius 1 is 1.25 bits per heavy atom. The van der Waals surface area contributed by atoms with Crippen LogP contribution >= 0.6 is 11.6 Å². The minimum atomic E-state index is 0.114. The van der Waals surface area contributed by atoms with E-state index in [0.717, 1.165) is 31.2 Å². The molecule has 0 saturated carbocycles. The molecule has 2 rings (SSSR count). The van der Waals surface area contributed by atoms with Gasteiger partial charge in [-0.15, -0.1) is 0 Å². The highest BCUT2D eigenvalue weighted by atomic mass is 35.5. The summed E-state index contributed by atoms with van der Waals surface area (Å²) in [6.45, 7) is 5.54. The van der Waals surface area contributed by atoms with Crippen LogP contribution in [0.1, 0.15) is 12.5 Å². The molecule has 4 nitrogen and oxygen atoms in total. The Labute approximate surface area is 126 Å². The van der Waals surface area contributed by atoms with Crippen molar-refractivity contribution in [1.29, 1.82) is 0 Å². The Morgan fingerprint density at radius 3 is 2.45 bits per heavy atom. The first kappa shape index (κ1) is 15.6. The van der Waals surface area contributed by atoms with E-state index in [9.17, 15) is 0 Å². The van der Waals surface area contributed by atoms with Crippen molar-refractivity contribution in [2.75, 3.05) is 38.8 Å². The molecule has 1 fully saturated rings. The van der Waals surface area contributed by atoms with Crippen molar-refractivity contribution >= 4 is 17.3 Å². The maximum absolute atomic E-state index is 6.12. The zero-order valence-electron chi connectivity index (χ0n) is 12.4. The van der Waals surface area contributed by atoms with Crippen LogP contribution in [0, 0.1) is 0 Å². The zero-order valence-corrected chi connectivity index (χ0v) is 13.1. The lowest BCUT2D eigenvalue weighted by molar-refractivity contribution is -0.00461. The van der Waals surface area contributed by atoms with Crippen LogP contribution in [0.3, 0.4) is 0 Å². The summed E-state index contributed by atoms with van der Waals surface area (Å²) < 4.78 is 11.0. The van der Waals surface area contributed by atoms with Gasteiger partial charge in [0.2, 0.25) is 0 Å². The first-order valence-electron chi connectivity index (χ1n) is 6.99. The van der Waals surface area contributed by atoms with Gasteiger partial charge in [-0.2, -0.15) is 0 Å². The minimum Gasteiger partial charge on any atom is -0.377 e. The van der Waals surface area contributed by atoms with Crippen LogP contribution in [0.5, 0.6) is 0 Å². The third kappa shape index (κ3) is 3.44. The predicted molar refractivity (Wildman–Crippen MR) is 82.6 cm³/mol. The summed E-state index contributed by atoms with van der Waals surface area (Å²) in [7, 11) is 3.48. The van der Waals surface area contributed by atoms with Crippen LogP contribution in [-0.4, -0.2) is 46.1 Å². The highest BCUT2D eigenvalue weighted by Crippen LogP contribution is 2.29. The molecular formula is C15H23ClN2O2. The third-order valence-electron chi connectivity index (χ3n) is 3.77. The van der Waals surface area contributed by atoms with Crippen LogP contribution in [0.4, 0.5) is 5.69 Å². The Bertz CT molecular complexity index is 430. The molecule has 112 valence electrons. The molecule has 1 N–H and O–H groups in total. The van der Waals surface area contributed by atoms with Crippen LogP contribution < -0.4 is 10.2 Å². The van der Waals surface area contributed by atoms with Crippen LogP contribution in [0.2, 0.25) is 5.02 Å². The van der Waals surface area contributed by atoms with Gasteiger partial charge in [0, 0.05) is 44.6 Å². The summed E-state index contributed by atoms with van der Waals surface area (Å²) in [5.41, 5.74) is 2.42. The van der Waals surface area contributed by atoms with Crippen molar-refractivity contribution in [2.45, 2.75) is 25.7 Å². The smallest absolute Gasteiger partial charge is 0.102 e. The predicted octanol–water partition coefficient (Wildman–Crippen LogP) is 2.30. The summed E-state index contributed by atoms with van der Waals surface area (Å²) in [5, 5.41) is 4.13. The fourth-order valence-corrected chi connectivity index (χ4v) is 2.85. The van der Waals surface area contributed by atoms with E-state index in [-0.39, 0.29) is 12.2 Å². The van der Waals surface area contributed by atoms with Crippen LogP contribution in [0.25, 0.3) is 0 Å². The van der Waals surface area contributed by atoms with Gasteiger partial charge < -0.3 is 19.7 Å². The van der Waals surface area contributed by atoms with E-state index in [1.54, 1.807) is 14.2 Å². The molecule has 0 aliphatic carbocycles. The van der Waals surface area contributed by atoms with Gasteiger partial charge in [0.15, 0.2) is 0 Å². The Morgan fingerprint density at radius 2 is 1.90 bits per heavy atom. The van der Waals surface area contributed by atoms with Gasteiger partial charge in [0.05, 0.1) is 0 Å². The third-order valence-corrected chi connectivity index (χ3v) is 4.00. The lowest BCUT2D eigenvalue weighted by atomic mass is 10.1. The number of nitrogens with one attached hydrogen (secondary N) is 1. The number of anilines is 1. The fraction of sp³-hybridized carbons (Fsp3) is 0.600. The van der Waals surface area contributed by atoms with Gasteiger partial charge >= 0.3 is 0 Å². The molecular weight excluding hydrogens is 276 g/mol. The van der Waals surface area contributed by atoms with E-state index < -0.39 is 0 Å². The molecule has 0 spiro atoms. The second-order valence-corrected chi connectivity index (χ2v) is 5.44. The second-order valence-electron chi connectivity index (χ2n) is 5.01.